The molecule has 6 heteroatoms. The first-order valence-corrected chi connectivity index (χ1v) is 5.63. The van der Waals surface area contributed by atoms with E-state index in [4.69, 9.17) is 10.5 Å². The topological polar surface area (TPSA) is 52.3 Å². The van der Waals surface area contributed by atoms with Crippen molar-refractivity contribution in [1.82, 2.24) is 0 Å². The van der Waals surface area contributed by atoms with Crippen LogP contribution in [0.15, 0.2) is 36.4 Å². The number of benzene rings is 2. The van der Waals surface area contributed by atoms with Crippen LogP contribution in [-0.2, 0) is 11.3 Å². The Labute approximate surface area is 112 Å². The zero-order chi connectivity index (χ0) is 14.7. The van der Waals surface area contributed by atoms with Crippen molar-refractivity contribution >= 4 is 11.7 Å². The second kappa shape index (κ2) is 5.64. The molecular formula is C14H10F3NO2. The smallest absolute Gasteiger partial charge is 0.341 e. The van der Waals surface area contributed by atoms with E-state index in [0.717, 1.165) is 18.2 Å². The van der Waals surface area contributed by atoms with Crippen molar-refractivity contribution in [3.05, 3.63) is 65.0 Å². The lowest BCUT2D eigenvalue weighted by Crippen LogP contribution is -2.08. The summed E-state index contributed by atoms with van der Waals surface area (Å²) in [5.41, 5.74) is 5.52. The number of hydrogen-bond acceptors (Lipinski definition) is 3. The molecule has 0 aliphatic carbocycles. The third kappa shape index (κ3) is 3.09. The van der Waals surface area contributed by atoms with E-state index in [1.165, 1.54) is 18.2 Å². The fourth-order valence-electron chi connectivity index (χ4n) is 1.55. The Morgan fingerprint density at radius 2 is 1.75 bits per heavy atom. The first kappa shape index (κ1) is 13.9. The quantitative estimate of drug-likeness (QED) is 0.695. The molecule has 2 N–H and O–H groups in total. The lowest BCUT2D eigenvalue weighted by molar-refractivity contribution is 0.0467. The maximum absolute atomic E-state index is 13.5. The van der Waals surface area contributed by atoms with Gasteiger partial charge < -0.3 is 10.5 Å². The Hall–Kier alpha value is -2.50. The molecule has 0 radical (unpaired) electrons. The molecule has 0 atom stereocenters. The summed E-state index contributed by atoms with van der Waals surface area (Å²) in [4.78, 5) is 11.6. The number of ether oxygens (including phenoxy) is 1. The highest BCUT2D eigenvalue weighted by Gasteiger charge is 2.13. The van der Waals surface area contributed by atoms with Gasteiger partial charge in [-0.15, -0.1) is 0 Å². The van der Waals surface area contributed by atoms with E-state index in [-0.39, 0.29) is 23.4 Å². The number of nitrogen functional groups attached to an aromatic ring is 1. The van der Waals surface area contributed by atoms with E-state index in [1.807, 2.05) is 0 Å². The van der Waals surface area contributed by atoms with Gasteiger partial charge in [0.25, 0.3) is 0 Å². The second-order valence-corrected chi connectivity index (χ2v) is 4.06. The number of hydrogen-bond donors (Lipinski definition) is 1. The van der Waals surface area contributed by atoms with Gasteiger partial charge in [0.1, 0.15) is 12.4 Å². The van der Waals surface area contributed by atoms with Crippen LogP contribution in [0.3, 0.4) is 0 Å². The lowest BCUT2D eigenvalue weighted by atomic mass is 10.2. The zero-order valence-corrected chi connectivity index (χ0v) is 10.2. The van der Waals surface area contributed by atoms with Gasteiger partial charge in [-0.1, -0.05) is 6.07 Å². The summed E-state index contributed by atoms with van der Waals surface area (Å²) in [6.45, 7) is -0.292. The minimum atomic E-state index is -1.04. The summed E-state index contributed by atoms with van der Waals surface area (Å²) in [5, 5.41) is 0. The molecule has 0 saturated carbocycles. The van der Waals surface area contributed by atoms with E-state index in [1.54, 1.807) is 0 Å². The van der Waals surface area contributed by atoms with Crippen LogP contribution >= 0.6 is 0 Å². The number of rotatable bonds is 3. The largest absolute Gasteiger partial charge is 0.457 e. The van der Waals surface area contributed by atoms with Gasteiger partial charge in [0, 0.05) is 5.69 Å². The highest BCUT2D eigenvalue weighted by atomic mass is 19.2. The van der Waals surface area contributed by atoms with Gasteiger partial charge in [0.05, 0.1) is 5.56 Å². The lowest BCUT2D eigenvalue weighted by Gasteiger charge is -2.06. The SMILES string of the molecule is Nc1ccc(C(=O)OCc2ccc(F)c(F)c2)c(F)c1. The molecule has 0 bridgehead atoms. The van der Waals surface area contributed by atoms with Gasteiger partial charge in [-0.25, -0.2) is 18.0 Å². The number of halogens is 3. The Kier molecular flexibility index (Phi) is 3.93. The van der Waals surface area contributed by atoms with Gasteiger partial charge in [-0.2, -0.15) is 0 Å². The molecule has 0 unspecified atom stereocenters. The van der Waals surface area contributed by atoms with Crippen LogP contribution in [-0.4, -0.2) is 5.97 Å². The fraction of sp³-hybridized carbons (Fsp3) is 0.0714. The van der Waals surface area contributed by atoms with Crippen molar-refractivity contribution in [2.45, 2.75) is 6.61 Å². The molecule has 0 aromatic heterocycles. The van der Waals surface area contributed by atoms with E-state index in [9.17, 15) is 18.0 Å². The number of anilines is 1. The van der Waals surface area contributed by atoms with Crippen LogP contribution in [0.4, 0.5) is 18.9 Å². The van der Waals surface area contributed by atoms with Crippen molar-refractivity contribution in [2.75, 3.05) is 5.73 Å². The van der Waals surface area contributed by atoms with Crippen LogP contribution < -0.4 is 5.73 Å². The van der Waals surface area contributed by atoms with Crippen molar-refractivity contribution in [3.8, 4) is 0 Å². The standard InChI is InChI=1S/C14H10F3NO2/c15-11-4-1-8(5-13(11)17)7-20-14(19)10-3-2-9(18)6-12(10)16/h1-6H,7,18H2. The van der Waals surface area contributed by atoms with E-state index >= 15 is 0 Å². The molecule has 0 aliphatic rings. The molecule has 2 aromatic rings. The van der Waals surface area contributed by atoms with E-state index < -0.39 is 23.4 Å². The van der Waals surface area contributed by atoms with Crippen molar-refractivity contribution in [2.24, 2.45) is 0 Å². The van der Waals surface area contributed by atoms with Gasteiger partial charge in [-0.05, 0) is 35.9 Å². The predicted molar refractivity (Wildman–Crippen MR) is 66.3 cm³/mol. The Morgan fingerprint density at radius 1 is 1.00 bits per heavy atom. The first-order chi connectivity index (χ1) is 9.47. The summed E-state index contributed by atoms with van der Waals surface area (Å²) in [5.74, 6) is -3.76. The molecule has 0 heterocycles. The van der Waals surface area contributed by atoms with E-state index in [2.05, 4.69) is 0 Å². The van der Waals surface area contributed by atoms with Crippen LogP contribution in [0.1, 0.15) is 15.9 Å². The summed E-state index contributed by atoms with van der Waals surface area (Å²) >= 11 is 0. The van der Waals surface area contributed by atoms with Crippen molar-refractivity contribution < 1.29 is 22.7 Å². The monoisotopic (exact) mass is 281 g/mol. The predicted octanol–water partition coefficient (Wildman–Crippen LogP) is 3.04. The molecule has 2 aromatic carbocycles. The molecule has 0 saturated heterocycles. The number of nitrogens with two attached hydrogens (primary N) is 1. The molecular weight excluding hydrogens is 271 g/mol. The Bertz CT molecular complexity index is 659. The second-order valence-electron chi connectivity index (χ2n) is 4.06. The fourth-order valence-corrected chi connectivity index (χ4v) is 1.55. The molecule has 0 amide bonds. The molecule has 104 valence electrons. The van der Waals surface area contributed by atoms with Crippen LogP contribution in [0.2, 0.25) is 0 Å². The van der Waals surface area contributed by atoms with Gasteiger partial charge in [-0.3, -0.25) is 0 Å². The van der Waals surface area contributed by atoms with Crippen LogP contribution in [0, 0.1) is 17.5 Å². The number of carbonyl (C=O) groups is 1. The van der Waals surface area contributed by atoms with Crippen LogP contribution in [0.25, 0.3) is 0 Å². The summed E-state index contributed by atoms with van der Waals surface area (Å²) in [6, 6.07) is 6.64. The molecule has 20 heavy (non-hydrogen) atoms. The minimum absolute atomic E-state index is 0.180. The summed E-state index contributed by atoms with van der Waals surface area (Å²) < 4.78 is 43.9. The molecule has 3 nitrogen and oxygen atoms in total. The van der Waals surface area contributed by atoms with Crippen LogP contribution in [0.5, 0.6) is 0 Å². The zero-order valence-electron chi connectivity index (χ0n) is 10.2. The minimum Gasteiger partial charge on any atom is -0.457 e. The summed E-state index contributed by atoms with van der Waals surface area (Å²) in [6.07, 6.45) is 0. The highest BCUT2D eigenvalue weighted by molar-refractivity contribution is 5.90. The molecule has 2 rings (SSSR count). The maximum Gasteiger partial charge on any atom is 0.341 e. The van der Waals surface area contributed by atoms with Gasteiger partial charge >= 0.3 is 5.97 Å². The average Bonchev–Trinajstić information content (AvgIpc) is 2.40. The van der Waals surface area contributed by atoms with E-state index in [0.29, 0.717) is 0 Å². The average molecular weight is 281 g/mol. The van der Waals surface area contributed by atoms with Gasteiger partial charge in [0.2, 0.25) is 0 Å². The summed E-state index contributed by atoms with van der Waals surface area (Å²) in [7, 11) is 0. The molecule has 0 fully saturated rings. The Balaban J connectivity index is 2.06. The Morgan fingerprint density at radius 3 is 2.40 bits per heavy atom. The third-order valence-corrected chi connectivity index (χ3v) is 2.57. The first-order valence-electron chi connectivity index (χ1n) is 5.63. The third-order valence-electron chi connectivity index (χ3n) is 2.57. The normalized spacial score (nSPS) is 10.3. The van der Waals surface area contributed by atoms with Crippen molar-refractivity contribution in [3.63, 3.8) is 0 Å². The maximum atomic E-state index is 13.5. The number of esters is 1. The molecule has 0 aliphatic heterocycles. The van der Waals surface area contributed by atoms with Crippen molar-refractivity contribution in [1.29, 1.82) is 0 Å². The van der Waals surface area contributed by atoms with Gasteiger partial charge in [0.15, 0.2) is 11.6 Å². The molecule has 0 spiro atoms. The number of carbonyl (C=O) groups excluding carboxylic acids is 1. The highest BCUT2D eigenvalue weighted by Crippen LogP contribution is 2.15.